The fraction of sp³-hybridized carbons (Fsp3) is 0.0714. The third kappa shape index (κ3) is 4.50. The zero-order chi connectivity index (χ0) is 15.4. The van der Waals surface area contributed by atoms with Gasteiger partial charge in [0.15, 0.2) is 0 Å². The minimum atomic E-state index is -0.767. The lowest BCUT2D eigenvalue weighted by molar-refractivity contribution is -0.114. The van der Waals surface area contributed by atoms with E-state index in [0.717, 1.165) is 16.6 Å². The van der Waals surface area contributed by atoms with E-state index in [1.165, 1.54) is 0 Å². The van der Waals surface area contributed by atoms with Crippen molar-refractivity contribution < 1.29 is 13.6 Å². The van der Waals surface area contributed by atoms with E-state index in [1.54, 1.807) is 18.2 Å². The molecule has 0 fully saturated rings. The Morgan fingerprint density at radius 2 is 1.71 bits per heavy atom. The Hall–Kier alpha value is -1.47. The lowest BCUT2D eigenvalue weighted by atomic mass is 10.3. The van der Waals surface area contributed by atoms with Gasteiger partial charge < -0.3 is 10.6 Å². The van der Waals surface area contributed by atoms with E-state index >= 15 is 0 Å². The Morgan fingerprint density at radius 1 is 1.05 bits per heavy atom. The molecule has 110 valence electrons. The molecule has 0 aliphatic rings. The van der Waals surface area contributed by atoms with Gasteiger partial charge in [-0.25, -0.2) is 8.78 Å². The van der Waals surface area contributed by atoms with Gasteiger partial charge in [-0.1, -0.05) is 37.9 Å². The average molecular weight is 420 g/mol. The standard InChI is InChI=1S/C14H10Br2F2N2O/c15-8-2-1-3-10(4-8)20-13(21)7-19-14-11(17)5-9(16)6-12(14)18/h1-6,19H,7H2,(H,20,21). The van der Waals surface area contributed by atoms with Gasteiger partial charge in [-0.3, -0.25) is 4.79 Å². The normalized spacial score (nSPS) is 10.3. The van der Waals surface area contributed by atoms with Crippen LogP contribution in [0.2, 0.25) is 0 Å². The number of hydrogen-bond donors (Lipinski definition) is 2. The maximum atomic E-state index is 13.6. The van der Waals surface area contributed by atoms with Crippen LogP contribution in [0.1, 0.15) is 0 Å². The topological polar surface area (TPSA) is 41.1 Å². The van der Waals surface area contributed by atoms with Crippen molar-refractivity contribution >= 4 is 49.1 Å². The molecular formula is C14H10Br2F2N2O. The number of amides is 1. The Kier molecular flexibility index (Phi) is 5.30. The lowest BCUT2D eigenvalue weighted by Crippen LogP contribution is -2.22. The molecule has 1 amide bonds. The minimum Gasteiger partial charge on any atom is -0.371 e. The van der Waals surface area contributed by atoms with Crippen molar-refractivity contribution in [3.8, 4) is 0 Å². The van der Waals surface area contributed by atoms with E-state index in [4.69, 9.17) is 0 Å². The molecule has 2 rings (SSSR count). The summed E-state index contributed by atoms with van der Waals surface area (Å²) in [7, 11) is 0. The smallest absolute Gasteiger partial charge is 0.243 e. The van der Waals surface area contributed by atoms with Gasteiger partial charge in [0.2, 0.25) is 5.91 Å². The summed E-state index contributed by atoms with van der Waals surface area (Å²) in [5, 5.41) is 5.07. The van der Waals surface area contributed by atoms with Gasteiger partial charge in [-0.05, 0) is 30.3 Å². The highest BCUT2D eigenvalue weighted by Gasteiger charge is 2.11. The van der Waals surface area contributed by atoms with Crippen molar-refractivity contribution in [2.45, 2.75) is 0 Å². The fourth-order valence-electron chi connectivity index (χ4n) is 1.65. The molecule has 0 aromatic heterocycles. The van der Waals surface area contributed by atoms with Crippen LogP contribution in [-0.2, 0) is 4.79 Å². The van der Waals surface area contributed by atoms with E-state index < -0.39 is 17.5 Å². The van der Waals surface area contributed by atoms with E-state index in [-0.39, 0.29) is 12.2 Å². The van der Waals surface area contributed by atoms with Crippen molar-refractivity contribution in [3.63, 3.8) is 0 Å². The molecule has 7 heteroatoms. The molecule has 3 nitrogen and oxygen atoms in total. The van der Waals surface area contributed by atoms with E-state index in [1.807, 2.05) is 6.07 Å². The van der Waals surface area contributed by atoms with Gasteiger partial charge in [0.1, 0.15) is 17.3 Å². The molecule has 0 bridgehead atoms. The van der Waals surface area contributed by atoms with E-state index in [0.29, 0.717) is 10.2 Å². The summed E-state index contributed by atoms with van der Waals surface area (Å²) in [6.45, 7) is -0.248. The van der Waals surface area contributed by atoms with Crippen LogP contribution in [0.4, 0.5) is 20.2 Å². The van der Waals surface area contributed by atoms with Crippen LogP contribution in [0, 0.1) is 11.6 Å². The monoisotopic (exact) mass is 418 g/mol. The lowest BCUT2D eigenvalue weighted by Gasteiger charge is -2.10. The second-order valence-electron chi connectivity index (χ2n) is 4.16. The second-order valence-corrected chi connectivity index (χ2v) is 5.99. The summed E-state index contributed by atoms with van der Waals surface area (Å²) < 4.78 is 28.3. The predicted molar refractivity (Wildman–Crippen MR) is 85.3 cm³/mol. The first-order valence-corrected chi connectivity index (χ1v) is 7.48. The summed E-state index contributed by atoms with van der Waals surface area (Å²) >= 11 is 6.27. The van der Waals surface area contributed by atoms with Gasteiger partial charge in [0.25, 0.3) is 0 Å². The highest BCUT2D eigenvalue weighted by molar-refractivity contribution is 9.10. The van der Waals surface area contributed by atoms with E-state index in [9.17, 15) is 13.6 Å². The van der Waals surface area contributed by atoms with Gasteiger partial charge >= 0.3 is 0 Å². The number of hydrogen-bond acceptors (Lipinski definition) is 2. The number of carbonyl (C=O) groups is 1. The largest absolute Gasteiger partial charge is 0.371 e. The maximum absolute atomic E-state index is 13.6. The molecule has 0 spiro atoms. The summed E-state index contributed by atoms with van der Waals surface area (Å²) in [6, 6.07) is 9.26. The van der Waals surface area contributed by atoms with Gasteiger partial charge in [-0.15, -0.1) is 0 Å². The van der Waals surface area contributed by atoms with Crippen LogP contribution in [0.15, 0.2) is 45.3 Å². The summed E-state index contributed by atoms with van der Waals surface area (Å²) in [6.07, 6.45) is 0. The molecule has 2 N–H and O–H groups in total. The average Bonchev–Trinajstić information content (AvgIpc) is 2.37. The predicted octanol–water partition coefficient (Wildman–Crippen LogP) is 4.54. The second kappa shape index (κ2) is 7.00. The van der Waals surface area contributed by atoms with Crippen molar-refractivity contribution in [2.75, 3.05) is 17.2 Å². The summed E-state index contributed by atoms with van der Waals surface area (Å²) in [5.41, 5.74) is 0.260. The molecule has 0 saturated heterocycles. The van der Waals surface area contributed by atoms with Gasteiger partial charge in [0, 0.05) is 14.6 Å². The third-order valence-electron chi connectivity index (χ3n) is 2.54. The zero-order valence-corrected chi connectivity index (χ0v) is 13.8. The highest BCUT2D eigenvalue weighted by Crippen LogP contribution is 2.23. The molecule has 0 aliphatic heterocycles. The molecule has 2 aromatic carbocycles. The SMILES string of the molecule is O=C(CNc1c(F)cc(Br)cc1F)Nc1cccc(Br)c1. The first kappa shape index (κ1) is 15.9. The highest BCUT2D eigenvalue weighted by atomic mass is 79.9. The first-order chi connectivity index (χ1) is 9.95. The Labute approximate surface area is 137 Å². The number of nitrogens with one attached hydrogen (secondary N) is 2. The van der Waals surface area contributed by atoms with Crippen molar-refractivity contribution in [2.24, 2.45) is 0 Å². The molecule has 2 aromatic rings. The van der Waals surface area contributed by atoms with Crippen LogP contribution in [0.25, 0.3) is 0 Å². The third-order valence-corrected chi connectivity index (χ3v) is 3.49. The molecule has 0 saturated carbocycles. The Bertz CT molecular complexity index is 657. The van der Waals surface area contributed by atoms with Crippen LogP contribution in [0.5, 0.6) is 0 Å². The fourth-order valence-corrected chi connectivity index (χ4v) is 2.45. The molecule has 0 atom stereocenters. The number of anilines is 2. The molecular weight excluding hydrogens is 410 g/mol. The van der Waals surface area contributed by atoms with Crippen LogP contribution in [0.3, 0.4) is 0 Å². The van der Waals surface area contributed by atoms with Crippen molar-refractivity contribution in [1.82, 2.24) is 0 Å². The Morgan fingerprint density at radius 3 is 2.33 bits per heavy atom. The van der Waals surface area contributed by atoms with Crippen LogP contribution >= 0.6 is 31.9 Å². The van der Waals surface area contributed by atoms with Crippen LogP contribution in [-0.4, -0.2) is 12.5 Å². The van der Waals surface area contributed by atoms with Gasteiger partial charge in [0.05, 0.1) is 6.54 Å². The quantitative estimate of drug-likeness (QED) is 0.763. The number of benzene rings is 2. The summed E-state index contributed by atoms with van der Waals surface area (Å²) in [4.78, 5) is 11.7. The number of carbonyl (C=O) groups excluding carboxylic acids is 1. The minimum absolute atomic E-state index is 0.248. The molecule has 0 radical (unpaired) electrons. The summed E-state index contributed by atoms with van der Waals surface area (Å²) in [5.74, 6) is -1.94. The molecule has 0 heterocycles. The van der Waals surface area contributed by atoms with Crippen LogP contribution < -0.4 is 10.6 Å². The number of rotatable bonds is 4. The maximum Gasteiger partial charge on any atom is 0.243 e. The van der Waals surface area contributed by atoms with Crippen molar-refractivity contribution in [3.05, 3.63) is 57.0 Å². The zero-order valence-electron chi connectivity index (χ0n) is 10.6. The van der Waals surface area contributed by atoms with Crippen molar-refractivity contribution in [1.29, 1.82) is 0 Å². The Balaban J connectivity index is 1.99. The molecule has 0 aliphatic carbocycles. The molecule has 0 unspecified atom stereocenters. The first-order valence-electron chi connectivity index (χ1n) is 5.89. The molecule has 21 heavy (non-hydrogen) atoms. The number of halogens is 4. The van der Waals surface area contributed by atoms with Gasteiger partial charge in [-0.2, -0.15) is 0 Å². The van der Waals surface area contributed by atoms with E-state index in [2.05, 4.69) is 42.5 Å².